The zero-order valence-electron chi connectivity index (χ0n) is 16.3. The number of carbonyl (C=O) groups excluding carboxylic acids is 3. The van der Waals surface area contributed by atoms with Crippen molar-refractivity contribution in [2.75, 3.05) is 6.54 Å². The van der Waals surface area contributed by atoms with Crippen LogP contribution in [-0.2, 0) is 4.79 Å². The quantitative estimate of drug-likeness (QED) is 0.201. The van der Waals surface area contributed by atoms with Crippen molar-refractivity contribution in [3.05, 3.63) is 93.5 Å². The Balaban J connectivity index is 1.45. The maximum atomic E-state index is 12.5. The molecule has 0 bridgehead atoms. The van der Waals surface area contributed by atoms with Crippen molar-refractivity contribution in [2.45, 2.75) is 0 Å². The van der Waals surface area contributed by atoms with Crippen LogP contribution in [0.1, 0.15) is 26.3 Å². The van der Waals surface area contributed by atoms with Crippen molar-refractivity contribution in [3.8, 4) is 22.9 Å². The molecule has 2 amide bonds. The Morgan fingerprint density at radius 2 is 1.59 bits per heavy atom. The van der Waals surface area contributed by atoms with Gasteiger partial charge in [0.1, 0.15) is 17.9 Å². The van der Waals surface area contributed by atoms with Gasteiger partial charge >= 0.3 is 5.97 Å². The Morgan fingerprint density at radius 3 is 2.19 bits per heavy atom. The molecule has 32 heavy (non-hydrogen) atoms. The van der Waals surface area contributed by atoms with Crippen LogP contribution in [0.5, 0.6) is 5.75 Å². The summed E-state index contributed by atoms with van der Waals surface area (Å²) in [5, 5.41) is 20.0. The highest BCUT2D eigenvalue weighted by Gasteiger charge is 2.41. The second-order valence-corrected chi connectivity index (χ2v) is 6.84. The van der Waals surface area contributed by atoms with Gasteiger partial charge in [-0.05, 0) is 41.5 Å². The molecule has 0 radical (unpaired) electrons. The lowest BCUT2D eigenvalue weighted by Crippen LogP contribution is -2.36. The van der Waals surface area contributed by atoms with Crippen LogP contribution >= 0.6 is 0 Å². The minimum Gasteiger partial charge on any atom is -0.425 e. The Kier molecular flexibility index (Phi) is 5.18. The van der Waals surface area contributed by atoms with Crippen molar-refractivity contribution in [1.29, 1.82) is 5.26 Å². The molecule has 0 aromatic heterocycles. The number of nitrogens with zero attached hydrogens (tertiary/aromatic N) is 3. The normalized spacial score (nSPS) is 12.3. The number of rotatable bonds is 5. The number of carbonyl (C=O) groups is 3. The number of benzene rings is 3. The molecule has 1 aliphatic rings. The Hall–Kier alpha value is -4.84. The highest BCUT2D eigenvalue weighted by molar-refractivity contribution is 6.24. The van der Waals surface area contributed by atoms with Crippen LogP contribution in [0, 0.1) is 21.4 Å². The second-order valence-electron chi connectivity index (χ2n) is 6.84. The molecule has 0 atom stereocenters. The van der Waals surface area contributed by atoms with Gasteiger partial charge in [-0.3, -0.25) is 24.6 Å². The van der Waals surface area contributed by atoms with Crippen molar-refractivity contribution in [1.82, 2.24) is 4.90 Å². The van der Waals surface area contributed by atoms with Crippen LogP contribution in [0.3, 0.4) is 0 Å². The first kappa shape index (κ1) is 20.4. The van der Waals surface area contributed by atoms with Gasteiger partial charge in [-0.2, -0.15) is 5.26 Å². The van der Waals surface area contributed by atoms with Crippen LogP contribution in [0.4, 0.5) is 5.69 Å². The zero-order valence-corrected chi connectivity index (χ0v) is 16.3. The molecule has 9 heteroatoms. The molecule has 9 nitrogen and oxygen atoms in total. The van der Waals surface area contributed by atoms with Gasteiger partial charge in [0, 0.05) is 6.07 Å². The molecule has 0 spiro atoms. The van der Waals surface area contributed by atoms with Crippen molar-refractivity contribution >= 4 is 23.5 Å². The van der Waals surface area contributed by atoms with Crippen LogP contribution in [0.25, 0.3) is 11.1 Å². The first-order valence-corrected chi connectivity index (χ1v) is 9.34. The van der Waals surface area contributed by atoms with E-state index >= 15 is 0 Å². The minimum absolute atomic E-state index is 0.122. The fourth-order valence-corrected chi connectivity index (χ4v) is 3.36. The van der Waals surface area contributed by atoms with Crippen LogP contribution in [0.15, 0.2) is 66.7 Å². The fraction of sp³-hybridized carbons (Fsp3) is 0.0435. The third-order valence-corrected chi connectivity index (χ3v) is 4.89. The lowest BCUT2D eigenvalue weighted by molar-refractivity contribution is -0.385. The van der Waals surface area contributed by atoms with E-state index < -0.39 is 34.9 Å². The summed E-state index contributed by atoms with van der Waals surface area (Å²) in [6.45, 7) is -0.680. The van der Waals surface area contributed by atoms with Gasteiger partial charge in [0.25, 0.3) is 17.5 Å². The number of nitro benzene ring substituents is 1. The standard InChI is InChI=1S/C23H13N3O6/c24-12-14-4-6-15(7-5-14)16-8-10-17(11-9-16)32-20(27)13-25-22(28)18-2-1-3-19(26(30)31)21(18)23(25)29/h1-11H,13H2. The number of amides is 2. The maximum Gasteiger partial charge on any atom is 0.331 e. The molecular formula is C23H13N3O6. The van der Waals surface area contributed by atoms with E-state index in [4.69, 9.17) is 10.00 Å². The summed E-state index contributed by atoms with van der Waals surface area (Å²) in [5.74, 6) is -2.37. The van der Waals surface area contributed by atoms with E-state index in [1.54, 1.807) is 48.5 Å². The molecule has 156 valence electrons. The fourth-order valence-electron chi connectivity index (χ4n) is 3.36. The van der Waals surface area contributed by atoms with Crippen molar-refractivity contribution in [2.24, 2.45) is 0 Å². The lowest BCUT2D eigenvalue weighted by atomic mass is 10.0. The van der Waals surface area contributed by atoms with E-state index in [1.165, 1.54) is 12.1 Å². The summed E-state index contributed by atoms with van der Waals surface area (Å²) in [4.78, 5) is 48.4. The number of ether oxygens (including phenoxy) is 1. The van der Waals surface area contributed by atoms with Gasteiger partial charge in [-0.1, -0.05) is 30.3 Å². The number of hydrogen-bond donors (Lipinski definition) is 0. The molecule has 0 N–H and O–H groups in total. The summed E-state index contributed by atoms with van der Waals surface area (Å²) in [7, 11) is 0. The Bertz CT molecular complexity index is 1310. The largest absolute Gasteiger partial charge is 0.425 e. The summed E-state index contributed by atoms with van der Waals surface area (Å²) in [6, 6.07) is 19.3. The minimum atomic E-state index is -0.912. The average Bonchev–Trinajstić information content (AvgIpc) is 3.04. The van der Waals surface area contributed by atoms with Crippen molar-refractivity contribution < 1.29 is 24.0 Å². The van der Waals surface area contributed by atoms with Crippen LogP contribution in [0.2, 0.25) is 0 Å². The average molecular weight is 427 g/mol. The second kappa shape index (κ2) is 8.12. The number of esters is 1. The zero-order chi connectivity index (χ0) is 22.8. The maximum absolute atomic E-state index is 12.5. The van der Waals surface area contributed by atoms with Gasteiger partial charge in [0.2, 0.25) is 0 Å². The third kappa shape index (κ3) is 3.68. The van der Waals surface area contributed by atoms with Gasteiger partial charge in [-0.25, -0.2) is 4.79 Å². The first-order chi connectivity index (χ1) is 15.4. The summed E-state index contributed by atoms with van der Waals surface area (Å²) >= 11 is 0. The molecule has 0 unspecified atom stereocenters. The van der Waals surface area contributed by atoms with E-state index in [-0.39, 0.29) is 16.9 Å². The predicted molar refractivity (Wildman–Crippen MR) is 111 cm³/mol. The molecule has 0 saturated carbocycles. The molecule has 1 heterocycles. The molecule has 0 aliphatic carbocycles. The molecule has 3 aromatic rings. The van der Waals surface area contributed by atoms with E-state index in [0.29, 0.717) is 10.5 Å². The molecule has 0 saturated heterocycles. The molecular weight excluding hydrogens is 414 g/mol. The van der Waals surface area contributed by atoms with Crippen LogP contribution < -0.4 is 4.74 Å². The third-order valence-electron chi connectivity index (χ3n) is 4.89. The summed E-state index contributed by atoms with van der Waals surface area (Å²) < 4.78 is 5.21. The first-order valence-electron chi connectivity index (χ1n) is 9.34. The van der Waals surface area contributed by atoms with Gasteiger partial charge in [0.15, 0.2) is 0 Å². The Morgan fingerprint density at radius 1 is 0.969 bits per heavy atom. The number of nitro groups is 1. The van der Waals surface area contributed by atoms with Gasteiger partial charge in [0.05, 0.1) is 22.1 Å². The lowest BCUT2D eigenvalue weighted by Gasteiger charge is -2.13. The molecule has 0 fully saturated rings. The SMILES string of the molecule is N#Cc1ccc(-c2ccc(OC(=O)CN3C(=O)c4cccc([N+](=O)[O-])c4C3=O)cc2)cc1. The monoisotopic (exact) mass is 427 g/mol. The molecule has 3 aromatic carbocycles. The number of imide groups is 1. The van der Waals surface area contributed by atoms with E-state index in [9.17, 15) is 24.5 Å². The van der Waals surface area contributed by atoms with Gasteiger partial charge in [-0.15, -0.1) is 0 Å². The molecule has 4 rings (SSSR count). The van der Waals surface area contributed by atoms with Crippen LogP contribution in [-0.4, -0.2) is 34.2 Å². The van der Waals surface area contributed by atoms with E-state index in [0.717, 1.165) is 17.2 Å². The summed E-state index contributed by atoms with van der Waals surface area (Å²) in [5.41, 5.74) is 1.30. The number of hydrogen-bond acceptors (Lipinski definition) is 7. The highest BCUT2D eigenvalue weighted by atomic mass is 16.6. The number of nitriles is 1. The van der Waals surface area contributed by atoms with E-state index in [2.05, 4.69) is 0 Å². The highest BCUT2D eigenvalue weighted by Crippen LogP contribution is 2.30. The Labute approximate surface area is 181 Å². The summed E-state index contributed by atoms with van der Waals surface area (Å²) in [6.07, 6.45) is 0. The smallest absolute Gasteiger partial charge is 0.331 e. The van der Waals surface area contributed by atoms with Crippen molar-refractivity contribution in [3.63, 3.8) is 0 Å². The number of fused-ring (bicyclic) bond motifs is 1. The molecule has 1 aliphatic heterocycles. The van der Waals surface area contributed by atoms with E-state index in [1.807, 2.05) is 6.07 Å². The topological polar surface area (TPSA) is 131 Å². The van der Waals surface area contributed by atoms with Gasteiger partial charge < -0.3 is 4.74 Å². The predicted octanol–water partition coefficient (Wildman–Crippen LogP) is 3.34.